The van der Waals surface area contributed by atoms with Gasteiger partial charge in [0, 0.05) is 24.5 Å². The van der Waals surface area contributed by atoms with E-state index in [4.69, 9.17) is 130 Å². The van der Waals surface area contributed by atoms with E-state index in [0.29, 0.717) is 323 Å². The maximum Gasteiger partial charge on any atom is 0.307 e. The van der Waals surface area contributed by atoms with Gasteiger partial charge in [-0.1, -0.05) is 19.1 Å². The van der Waals surface area contributed by atoms with Crippen LogP contribution in [-0.4, -0.2) is 370 Å². The molecular formula is C73H134N2O32. The highest BCUT2D eigenvalue weighted by atomic mass is 16.6. The van der Waals surface area contributed by atoms with Crippen molar-refractivity contribution in [2.45, 2.75) is 52.6 Å². The number of methoxy groups -OCH3 is 2. The van der Waals surface area contributed by atoms with Crippen molar-refractivity contribution in [2.24, 2.45) is 0 Å². The summed E-state index contributed by atoms with van der Waals surface area (Å²) in [5.74, 6) is -0.575. The van der Waals surface area contributed by atoms with Crippen LogP contribution in [0.4, 0.5) is 11.4 Å². The highest BCUT2D eigenvalue weighted by Crippen LogP contribution is 2.16. The third-order valence-corrected chi connectivity index (χ3v) is 13.3. The number of carbonyl (C=O) groups is 2. The molecule has 0 aliphatic rings. The number of nitrogens with two attached hydrogens (primary N) is 1. The second kappa shape index (κ2) is 87.4. The molecule has 0 spiro atoms. The van der Waals surface area contributed by atoms with E-state index in [0.717, 1.165) is 41.0 Å². The Kier molecular flexibility index (Phi) is 84.1. The largest absolute Gasteiger partial charge is 0.469 e. The molecule has 0 fully saturated rings. The molecule has 0 atom stereocenters. The van der Waals surface area contributed by atoms with Crippen molar-refractivity contribution in [1.82, 2.24) is 0 Å². The second-order valence-electron chi connectivity index (χ2n) is 22.0. The van der Waals surface area contributed by atoms with Crippen LogP contribution in [0.3, 0.4) is 0 Å². The van der Waals surface area contributed by atoms with Gasteiger partial charge < -0.3 is 155 Å². The fourth-order valence-corrected chi connectivity index (χ4v) is 7.99. The molecule has 7 N–H and O–H groups in total. The van der Waals surface area contributed by atoms with Crippen LogP contribution in [0.15, 0.2) is 36.4 Å². The van der Waals surface area contributed by atoms with Gasteiger partial charge in [0.1, 0.15) is 0 Å². The van der Waals surface area contributed by atoms with Crippen LogP contribution in [0.5, 0.6) is 0 Å². The van der Waals surface area contributed by atoms with Crippen LogP contribution >= 0.6 is 0 Å². The van der Waals surface area contributed by atoms with E-state index in [-0.39, 0.29) is 51.2 Å². The van der Waals surface area contributed by atoms with Crippen molar-refractivity contribution in [2.75, 3.05) is 349 Å². The molecule has 0 radical (unpaired) electrons. The average Bonchev–Trinajstić information content (AvgIpc) is 0.896. The van der Waals surface area contributed by atoms with E-state index in [2.05, 4.69) is 21.7 Å². The van der Waals surface area contributed by atoms with Crippen LogP contribution in [0.25, 0.3) is 0 Å². The van der Waals surface area contributed by atoms with Gasteiger partial charge in [-0.15, -0.1) is 0 Å². The average molecular weight is 1550 g/mol. The van der Waals surface area contributed by atoms with E-state index >= 15 is 0 Å². The van der Waals surface area contributed by atoms with Gasteiger partial charge in [-0.05, 0) is 52.9 Å². The Morgan fingerprint density at radius 3 is 0.607 bits per heavy atom. The number of rotatable bonds is 82. The molecule has 0 saturated heterocycles. The second-order valence-corrected chi connectivity index (χ2v) is 22.0. The quantitative estimate of drug-likeness (QED) is 0.0314. The van der Waals surface area contributed by atoms with Gasteiger partial charge in [0.2, 0.25) is 0 Å². The molecule has 0 amide bonds. The van der Waals surface area contributed by atoms with Crippen LogP contribution in [-0.2, 0) is 159 Å². The van der Waals surface area contributed by atoms with Gasteiger partial charge in [0.15, 0.2) is 0 Å². The lowest BCUT2D eigenvalue weighted by molar-refractivity contribution is -0.142. The molecule has 0 aliphatic heterocycles. The number of hydrogen-bond acceptors (Lipinski definition) is 34. The fraction of sp³-hybridized carbons (Fsp3) is 0.808. The number of hydrogen-bond donors (Lipinski definition) is 6. The van der Waals surface area contributed by atoms with E-state index < -0.39 is 0 Å². The van der Waals surface area contributed by atoms with E-state index in [9.17, 15) is 19.8 Å². The van der Waals surface area contributed by atoms with Gasteiger partial charge in [-0.3, -0.25) is 9.59 Å². The lowest BCUT2D eigenvalue weighted by Gasteiger charge is -2.11. The number of aliphatic hydroxyl groups excluding tert-OH is 4. The molecule has 107 heavy (non-hydrogen) atoms. The number of carbonyl (C=O) groups excluding carboxylic acids is 2. The van der Waals surface area contributed by atoms with Crippen LogP contribution in [0, 0.1) is 0 Å². The van der Waals surface area contributed by atoms with Crippen molar-refractivity contribution < 1.29 is 153 Å². The molecule has 2 rings (SSSR count). The van der Waals surface area contributed by atoms with Crippen LogP contribution in [0.1, 0.15) is 48.4 Å². The van der Waals surface area contributed by atoms with Crippen LogP contribution in [0.2, 0.25) is 0 Å². The number of ether oxygens (including phenoxy) is 26. The fourth-order valence-electron chi connectivity index (χ4n) is 7.99. The van der Waals surface area contributed by atoms with Crippen molar-refractivity contribution in [3.05, 3.63) is 58.7 Å². The molecule has 0 heterocycles. The number of aliphatic hydroxyl groups is 4. The molecule has 2 aromatic rings. The first-order valence-corrected chi connectivity index (χ1v) is 36.9. The standard InChI is InChI=1S/C36H65NO16.C29H58O14.C8H11NO2/c1-41-36(40)2-4-42-6-8-44-10-12-46-14-16-48-18-20-50-22-24-52-26-27-53-25-23-51-21-19-49-17-15-47-13-11-45-9-7-43-5-3-37-35-29-33(31-38)28-34(30-35)32-39;1-3-5-32-7-9-34-11-13-36-15-17-38-19-21-40-23-25-42-27-28-43-26-24-41-22-20-39-18-16-37-14-12-35-10-8-33-6-4-29(30)31-2;9-8-2-6(4-10)1-7(3-8)5-11/h28-30,37-39H,2-27,31-32H2,1H3;3-28H2,1-2H3;1-3,10-11H,4-5,9H2. The Morgan fingerprint density at radius 2 is 0.430 bits per heavy atom. The van der Waals surface area contributed by atoms with E-state index in [1.807, 2.05) is 12.1 Å². The Hall–Kier alpha value is -4.14. The summed E-state index contributed by atoms with van der Waals surface area (Å²) < 4.78 is 139. The molecule has 628 valence electrons. The summed E-state index contributed by atoms with van der Waals surface area (Å²) >= 11 is 0. The number of anilines is 2. The highest BCUT2D eigenvalue weighted by molar-refractivity contribution is 5.69. The normalized spacial score (nSPS) is 11.2. The van der Waals surface area contributed by atoms with Crippen molar-refractivity contribution in [1.29, 1.82) is 0 Å². The summed E-state index contributed by atoms with van der Waals surface area (Å²) in [5.41, 5.74) is 9.86. The smallest absolute Gasteiger partial charge is 0.307 e. The summed E-state index contributed by atoms with van der Waals surface area (Å²) in [6, 6.07) is 10.5. The molecule has 34 nitrogen and oxygen atoms in total. The Bertz CT molecular complexity index is 2090. The summed E-state index contributed by atoms with van der Waals surface area (Å²) in [6.45, 7) is 26.2. The van der Waals surface area contributed by atoms with E-state index in [1.165, 1.54) is 14.2 Å². The van der Waals surface area contributed by atoms with E-state index in [1.54, 1.807) is 24.3 Å². The number of benzene rings is 2. The van der Waals surface area contributed by atoms with Crippen molar-refractivity contribution in [3.63, 3.8) is 0 Å². The third-order valence-electron chi connectivity index (χ3n) is 13.3. The minimum absolute atomic E-state index is 0.0436. The summed E-state index contributed by atoms with van der Waals surface area (Å²) in [4.78, 5) is 21.8. The summed E-state index contributed by atoms with van der Waals surface area (Å²) in [6.07, 6.45) is 1.51. The van der Waals surface area contributed by atoms with Crippen molar-refractivity contribution >= 4 is 23.3 Å². The maximum atomic E-state index is 10.9. The summed E-state index contributed by atoms with van der Waals surface area (Å²) in [5, 5.41) is 39.3. The van der Waals surface area contributed by atoms with Crippen LogP contribution < -0.4 is 11.1 Å². The topological polar surface area (TPSA) is 393 Å². The number of nitrogen functional groups attached to an aromatic ring is 1. The zero-order chi connectivity index (χ0) is 77.6. The third kappa shape index (κ3) is 79.7. The monoisotopic (exact) mass is 1550 g/mol. The van der Waals surface area contributed by atoms with Gasteiger partial charge in [-0.25, -0.2) is 0 Å². The molecule has 0 bridgehead atoms. The molecule has 0 aromatic heterocycles. The minimum atomic E-state index is -0.290. The van der Waals surface area contributed by atoms with Gasteiger partial charge in [0.25, 0.3) is 0 Å². The summed E-state index contributed by atoms with van der Waals surface area (Å²) in [7, 11) is 2.70. The SMILES string of the molecule is CCCOCCOCCOCCOCCOCCOCCOCCOCCOCCOCCOCCOCCC(=O)OC.COC(=O)CCOCCOCCOCCOCCOCCOCCOCCOCCOCCOCCOCCOCCNc1cc(CO)cc(CO)c1.Nc1cc(CO)cc(CO)c1. The Morgan fingerprint density at radius 1 is 0.262 bits per heavy atom. The molecule has 0 unspecified atom stereocenters. The first kappa shape index (κ1) is 103. The molecule has 34 heteroatoms. The first-order chi connectivity index (χ1) is 52.8. The minimum Gasteiger partial charge on any atom is -0.469 e. The van der Waals surface area contributed by atoms with Gasteiger partial charge in [-0.2, -0.15) is 0 Å². The molecular weight excluding hydrogens is 1420 g/mol. The predicted molar refractivity (Wildman–Crippen MR) is 393 cm³/mol. The maximum absolute atomic E-state index is 10.9. The predicted octanol–water partition coefficient (Wildman–Crippen LogP) is 2.26. The Labute approximate surface area is 634 Å². The Balaban J connectivity index is 0.00000186. The molecule has 0 saturated carbocycles. The highest BCUT2D eigenvalue weighted by Gasteiger charge is 2.05. The number of nitrogens with one attached hydrogen (secondary N) is 1. The lowest BCUT2D eigenvalue weighted by Crippen LogP contribution is -2.16. The molecule has 0 aliphatic carbocycles. The van der Waals surface area contributed by atoms with Gasteiger partial charge in [0.05, 0.1) is 364 Å². The zero-order valence-corrected chi connectivity index (χ0v) is 64.4. The zero-order valence-electron chi connectivity index (χ0n) is 64.4. The first-order valence-electron chi connectivity index (χ1n) is 36.9. The van der Waals surface area contributed by atoms with Gasteiger partial charge >= 0.3 is 11.9 Å². The van der Waals surface area contributed by atoms with Crippen molar-refractivity contribution in [3.8, 4) is 0 Å². The number of esters is 2. The lowest BCUT2D eigenvalue weighted by atomic mass is 10.1. The molecule has 2 aromatic carbocycles.